The second-order valence-corrected chi connectivity index (χ2v) is 5.25. The standard InChI is InChI=1S/C20H17N/c1-15-3-7-17(8-4-15)18-9-13-20(14-10-18)21-19-11-5-16(2)6-12-19/h3,5-7,9-14,21H,1-2H3. The van der Waals surface area contributed by atoms with E-state index in [1.54, 1.807) is 0 Å². The van der Waals surface area contributed by atoms with Gasteiger partial charge in [0.05, 0.1) is 0 Å². The molecule has 0 aliphatic rings. The summed E-state index contributed by atoms with van der Waals surface area (Å²) in [6, 6.07) is 27.2. The van der Waals surface area contributed by atoms with Gasteiger partial charge in [-0.3, -0.25) is 0 Å². The first-order chi connectivity index (χ1) is 10.2. The summed E-state index contributed by atoms with van der Waals surface area (Å²) in [5.41, 5.74) is 6.78. The first-order valence-electron chi connectivity index (χ1n) is 7.05. The summed E-state index contributed by atoms with van der Waals surface area (Å²) in [5.74, 6) is 0. The average molecular weight is 271 g/mol. The molecule has 3 rings (SSSR count). The second kappa shape index (κ2) is 5.73. The predicted octanol–water partition coefficient (Wildman–Crippen LogP) is 5.31. The van der Waals surface area contributed by atoms with Crippen molar-refractivity contribution in [3.8, 4) is 11.1 Å². The molecule has 1 nitrogen and oxygen atoms in total. The molecule has 0 fully saturated rings. The van der Waals surface area contributed by atoms with E-state index in [2.05, 4.69) is 85.0 Å². The molecule has 0 aromatic heterocycles. The molecule has 0 aliphatic heterocycles. The summed E-state index contributed by atoms with van der Waals surface area (Å²) < 4.78 is 0. The Balaban J connectivity index is 1.77. The highest BCUT2D eigenvalue weighted by molar-refractivity contribution is 5.67. The van der Waals surface area contributed by atoms with Gasteiger partial charge in [0, 0.05) is 16.9 Å². The van der Waals surface area contributed by atoms with E-state index >= 15 is 0 Å². The lowest BCUT2D eigenvalue weighted by molar-refractivity contribution is 1.45. The third-order valence-electron chi connectivity index (χ3n) is 3.43. The molecule has 0 aliphatic carbocycles. The van der Waals surface area contributed by atoms with Gasteiger partial charge in [0.15, 0.2) is 0 Å². The highest BCUT2D eigenvalue weighted by Crippen LogP contribution is 2.22. The lowest BCUT2D eigenvalue weighted by Gasteiger charge is -2.07. The van der Waals surface area contributed by atoms with Gasteiger partial charge >= 0.3 is 0 Å². The average Bonchev–Trinajstić information content (AvgIpc) is 2.51. The molecule has 0 unspecified atom stereocenters. The Morgan fingerprint density at radius 3 is 1.86 bits per heavy atom. The molecule has 3 aromatic carbocycles. The molecule has 1 N–H and O–H groups in total. The summed E-state index contributed by atoms with van der Waals surface area (Å²) in [7, 11) is 0. The zero-order valence-electron chi connectivity index (χ0n) is 12.3. The molecule has 0 heterocycles. The van der Waals surface area contributed by atoms with Crippen molar-refractivity contribution >= 4 is 11.4 Å². The van der Waals surface area contributed by atoms with Gasteiger partial charge in [-0.2, -0.15) is 0 Å². The molecule has 0 radical (unpaired) electrons. The fraction of sp³-hybridized carbons (Fsp3) is 0.100. The van der Waals surface area contributed by atoms with Crippen molar-refractivity contribution in [1.29, 1.82) is 0 Å². The minimum Gasteiger partial charge on any atom is -0.356 e. The molecular weight excluding hydrogens is 254 g/mol. The van der Waals surface area contributed by atoms with Gasteiger partial charge in [-0.15, -0.1) is 0 Å². The zero-order valence-corrected chi connectivity index (χ0v) is 12.3. The molecule has 0 amide bonds. The summed E-state index contributed by atoms with van der Waals surface area (Å²) in [5, 5.41) is 3.40. The Kier molecular flexibility index (Phi) is 3.62. The fourth-order valence-corrected chi connectivity index (χ4v) is 2.16. The molecule has 21 heavy (non-hydrogen) atoms. The van der Waals surface area contributed by atoms with Crippen molar-refractivity contribution in [2.24, 2.45) is 0 Å². The van der Waals surface area contributed by atoms with E-state index in [9.17, 15) is 0 Å². The number of hydrogen-bond donors (Lipinski definition) is 1. The van der Waals surface area contributed by atoms with Crippen molar-refractivity contribution in [2.45, 2.75) is 13.8 Å². The number of nitrogens with one attached hydrogen (secondary N) is 1. The molecule has 3 aromatic rings. The molecule has 0 atom stereocenters. The van der Waals surface area contributed by atoms with Crippen LogP contribution in [0.4, 0.5) is 11.4 Å². The van der Waals surface area contributed by atoms with Crippen molar-refractivity contribution in [3.63, 3.8) is 0 Å². The SMILES string of the molecule is Cc1c#cc(-c2ccc(Nc3ccc(C)cc3)cc2)cc1. The normalized spacial score (nSPS) is 10.0. The monoisotopic (exact) mass is 271 g/mol. The van der Waals surface area contributed by atoms with Gasteiger partial charge in [0.2, 0.25) is 0 Å². The number of rotatable bonds is 3. The maximum atomic E-state index is 3.40. The van der Waals surface area contributed by atoms with Gasteiger partial charge in [-0.05, 0) is 61.4 Å². The number of aryl methyl sites for hydroxylation is 2. The molecule has 0 saturated heterocycles. The Morgan fingerprint density at radius 1 is 0.667 bits per heavy atom. The number of anilines is 2. The van der Waals surface area contributed by atoms with E-state index < -0.39 is 0 Å². The van der Waals surface area contributed by atoms with Crippen LogP contribution in [0, 0.1) is 26.0 Å². The second-order valence-electron chi connectivity index (χ2n) is 5.25. The Bertz CT molecular complexity index is 707. The van der Waals surface area contributed by atoms with Crippen LogP contribution in [0.25, 0.3) is 11.1 Å². The van der Waals surface area contributed by atoms with Gasteiger partial charge < -0.3 is 5.32 Å². The Morgan fingerprint density at radius 2 is 1.29 bits per heavy atom. The van der Waals surface area contributed by atoms with Crippen LogP contribution in [0.1, 0.15) is 11.1 Å². The first kappa shape index (κ1) is 13.3. The smallest absolute Gasteiger partial charge is 0.0384 e. The number of hydrogen-bond acceptors (Lipinski definition) is 1. The molecule has 0 bridgehead atoms. The third-order valence-corrected chi connectivity index (χ3v) is 3.43. The molecule has 1 heteroatoms. The van der Waals surface area contributed by atoms with Crippen molar-refractivity contribution in [2.75, 3.05) is 5.32 Å². The van der Waals surface area contributed by atoms with Crippen LogP contribution >= 0.6 is 0 Å². The van der Waals surface area contributed by atoms with Gasteiger partial charge in [0.1, 0.15) is 0 Å². The highest BCUT2D eigenvalue weighted by atomic mass is 14.9. The Labute approximate surface area is 126 Å². The zero-order chi connectivity index (χ0) is 14.7. The fourth-order valence-electron chi connectivity index (χ4n) is 2.16. The van der Waals surface area contributed by atoms with Crippen LogP contribution in [0.2, 0.25) is 0 Å². The Hall–Kier alpha value is -2.72. The lowest BCUT2D eigenvalue weighted by atomic mass is 10.1. The van der Waals surface area contributed by atoms with E-state index in [0.717, 1.165) is 28.1 Å². The van der Waals surface area contributed by atoms with Crippen molar-refractivity contribution in [1.82, 2.24) is 0 Å². The van der Waals surface area contributed by atoms with E-state index in [1.165, 1.54) is 5.56 Å². The van der Waals surface area contributed by atoms with Crippen LogP contribution in [-0.2, 0) is 0 Å². The van der Waals surface area contributed by atoms with Crippen LogP contribution in [-0.4, -0.2) is 0 Å². The summed E-state index contributed by atoms with van der Waals surface area (Å²) >= 11 is 0. The van der Waals surface area contributed by atoms with Crippen molar-refractivity contribution < 1.29 is 0 Å². The van der Waals surface area contributed by atoms with Crippen LogP contribution in [0.5, 0.6) is 0 Å². The predicted molar refractivity (Wildman–Crippen MR) is 88.7 cm³/mol. The molecular formula is C20H17N. The van der Waals surface area contributed by atoms with Gasteiger partial charge in [-0.25, -0.2) is 0 Å². The maximum Gasteiger partial charge on any atom is 0.0384 e. The van der Waals surface area contributed by atoms with E-state index in [4.69, 9.17) is 0 Å². The molecule has 0 spiro atoms. The summed E-state index contributed by atoms with van der Waals surface area (Å²) in [4.78, 5) is 0. The van der Waals surface area contributed by atoms with Crippen LogP contribution < -0.4 is 5.32 Å². The molecule has 0 saturated carbocycles. The summed E-state index contributed by atoms with van der Waals surface area (Å²) in [6.45, 7) is 4.11. The van der Waals surface area contributed by atoms with E-state index in [0.29, 0.717) is 0 Å². The quantitative estimate of drug-likeness (QED) is 0.680. The van der Waals surface area contributed by atoms with E-state index in [-0.39, 0.29) is 0 Å². The summed E-state index contributed by atoms with van der Waals surface area (Å²) in [6.07, 6.45) is 0. The highest BCUT2D eigenvalue weighted by Gasteiger charge is 1.98. The largest absolute Gasteiger partial charge is 0.356 e. The molecule has 102 valence electrons. The van der Waals surface area contributed by atoms with Crippen LogP contribution in [0.3, 0.4) is 0 Å². The minimum absolute atomic E-state index is 1.07. The van der Waals surface area contributed by atoms with Crippen molar-refractivity contribution in [3.05, 3.63) is 83.9 Å². The maximum absolute atomic E-state index is 3.40. The van der Waals surface area contributed by atoms with Gasteiger partial charge in [0.25, 0.3) is 0 Å². The topological polar surface area (TPSA) is 12.0 Å². The third kappa shape index (κ3) is 3.24. The van der Waals surface area contributed by atoms with Crippen LogP contribution in [0.15, 0.2) is 60.7 Å². The van der Waals surface area contributed by atoms with E-state index in [1.807, 2.05) is 6.92 Å². The van der Waals surface area contributed by atoms with Gasteiger partial charge in [-0.1, -0.05) is 42.0 Å². The lowest BCUT2D eigenvalue weighted by Crippen LogP contribution is -1.89. The first-order valence-corrected chi connectivity index (χ1v) is 7.05. The minimum atomic E-state index is 1.07. The number of benzene rings is 2.